The maximum atomic E-state index is 5.76. The number of fused-ring (bicyclic) bond motifs is 2. The Morgan fingerprint density at radius 1 is 1.19 bits per heavy atom. The molecule has 3 aliphatic rings. The maximum Gasteiger partial charge on any atom is 0.0673 e. The fraction of sp³-hybridized carbons (Fsp3) is 0.867. The Morgan fingerprint density at radius 2 is 1.88 bits per heavy atom. The first-order valence-electron chi connectivity index (χ1n) is 6.91. The minimum atomic E-state index is 0.403. The van der Waals surface area contributed by atoms with Gasteiger partial charge in [0.05, 0.1) is 6.10 Å². The summed E-state index contributed by atoms with van der Waals surface area (Å²) in [6.07, 6.45) is 8.90. The number of ether oxygens (including phenoxy) is 1. The van der Waals surface area contributed by atoms with Crippen molar-refractivity contribution in [2.45, 2.75) is 51.6 Å². The molecule has 0 aromatic rings. The van der Waals surface area contributed by atoms with E-state index in [-0.39, 0.29) is 0 Å². The fourth-order valence-electron chi connectivity index (χ4n) is 5.04. The predicted molar refractivity (Wildman–Crippen MR) is 66.2 cm³/mol. The average Bonchev–Trinajstić information content (AvgIpc) is 2.97. The first kappa shape index (κ1) is 10.8. The first-order valence-corrected chi connectivity index (χ1v) is 6.91. The monoisotopic (exact) mass is 220 g/mol. The lowest BCUT2D eigenvalue weighted by Gasteiger charge is -2.41. The molecule has 0 aromatic carbocycles. The molecule has 1 nitrogen and oxygen atoms in total. The molecule has 0 spiro atoms. The first-order chi connectivity index (χ1) is 7.69. The summed E-state index contributed by atoms with van der Waals surface area (Å²) in [5.74, 6) is 2.33. The molecule has 0 saturated heterocycles. The second kappa shape index (κ2) is 3.60. The van der Waals surface area contributed by atoms with Gasteiger partial charge in [-0.05, 0) is 42.9 Å². The molecule has 0 aliphatic heterocycles. The highest BCUT2D eigenvalue weighted by molar-refractivity contribution is 5.29. The third-order valence-electron chi connectivity index (χ3n) is 5.97. The van der Waals surface area contributed by atoms with Crippen molar-refractivity contribution in [3.05, 3.63) is 12.2 Å². The molecule has 1 heteroatoms. The third-order valence-corrected chi connectivity index (χ3v) is 5.97. The average molecular weight is 220 g/mol. The van der Waals surface area contributed by atoms with Gasteiger partial charge in [0.25, 0.3) is 0 Å². The Bertz CT molecular complexity index is 303. The molecule has 16 heavy (non-hydrogen) atoms. The molecule has 0 aromatic heterocycles. The number of hydrogen-bond acceptors (Lipinski definition) is 1. The summed E-state index contributed by atoms with van der Waals surface area (Å²) >= 11 is 0. The summed E-state index contributed by atoms with van der Waals surface area (Å²) in [4.78, 5) is 0. The molecule has 2 bridgehead atoms. The molecule has 0 amide bonds. The van der Waals surface area contributed by atoms with Crippen LogP contribution in [-0.2, 0) is 4.74 Å². The molecule has 90 valence electrons. The minimum absolute atomic E-state index is 0.403. The second-order valence-electron chi connectivity index (χ2n) is 6.28. The summed E-state index contributed by atoms with van der Waals surface area (Å²) in [7, 11) is 1.89. The van der Waals surface area contributed by atoms with Crippen LogP contribution in [0.2, 0.25) is 0 Å². The van der Waals surface area contributed by atoms with Crippen LogP contribution in [0.25, 0.3) is 0 Å². The van der Waals surface area contributed by atoms with Crippen molar-refractivity contribution in [1.82, 2.24) is 0 Å². The van der Waals surface area contributed by atoms with Crippen LogP contribution < -0.4 is 0 Å². The molecular formula is C15H24O. The van der Waals surface area contributed by atoms with Gasteiger partial charge in [0, 0.05) is 13.0 Å². The molecule has 3 aliphatic carbocycles. The lowest BCUT2D eigenvalue weighted by atomic mass is 9.63. The summed E-state index contributed by atoms with van der Waals surface area (Å²) < 4.78 is 5.76. The molecule has 0 N–H and O–H groups in total. The lowest BCUT2D eigenvalue weighted by molar-refractivity contribution is 0.0322. The van der Waals surface area contributed by atoms with E-state index in [2.05, 4.69) is 13.5 Å². The van der Waals surface area contributed by atoms with E-state index in [1.165, 1.54) is 44.1 Å². The standard InChI is InChI=1S/C15H24O/c1-10-12-8-9-13(14(12)16-3)15(10,2)11-6-4-5-7-11/h11-14H,1,4-9H2,2-3H3/t12-,13-,14-,15+/m1/s1. The second-order valence-corrected chi connectivity index (χ2v) is 6.28. The Kier molecular flexibility index (Phi) is 2.43. The molecule has 3 fully saturated rings. The number of methoxy groups -OCH3 is 1. The molecule has 0 heterocycles. The summed E-state index contributed by atoms with van der Waals surface area (Å²) in [5.41, 5.74) is 1.93. The third kappa shape index (κ3) is 1.16. The van der Waals surface area contributed by atoms with Crippen LogP contribution in [0.3, 0.4) is 0 Å². The van der Waals surface area contributed by atoms with E-state index in [1.54, 1.807) is 0 Å². The van der Waals surface area contributed by atoms with Gasteiger partial charge in [-0.2, -0.15) is 0 Å². The van der Waals surface area contributed by atoms with Crippen LogP contribution in [0.5, 0.6) is 0 Å². The van der Waals surface area contributed by atoms with Gasteiger partial charge in [0.15, 0.2) is 0 Å². The zero-order valence-electron chi connectivity index (χ0n) is 10.7. The van der Waals surface area contributed by atoms with Crippen LogP contribution in [-0.4, -0.2) is 13.2 Å². The Labute approximate surface area is 99.3 Å². The zero-order valence-corrected chi connectivity index (χ0v) is 10.7. The largest absolute Gasteiger partial charge is 0.381 e. The van der Waals surface area contributed by atoms with Crippen LogP contribution in [0, 0.1) is 23.2 Å². The van der Waals surface area contributed by atoms with Gasteiger partial charge in [0.1, 0.15) is 0 Å². The van der Waals surface area contributed by atoms with Gasteiger partial charge >= 0.3 is 0 Å². The van der Waals surface area contributed by atoms with Gasteiger partial charge in [-0.1, -0.05) is 31.9 Å². The van der Waals surface area contributed by atoms with Gasteiger partial charge in [-0.15, -0.1) is 0 Å². The van der Waals surface area contributed by atoms with Crippen LogP contribution in [0.1, 0.15) is 45.4 Å². The molecule has 3 rings (SSSR count). The van der Waals surface area contributed by atoms with E-state index < -0.39 is 0 Å². The van der Waals surface area contributed by atoms with Crippen molar-refractivity contribution < 1.29 is 4.74 Å². The maximum absolute atomic E-state index is 5.76. The smallest absolute Gasteiger partial charge is 0.0673 e. The molecule has 4 atom stereocenters. The fourth-order valence-corrected chi connectivity index (χ4v) is 5.04. The highest BCUT2D eigenvalue weighted by Crippen LogP contribution is 2.64. The van der Waals surface area contributed by atoms with Crippen molar-refractivity contribution in [3.63, 3.8) is 0 Å². The quantitative estimate of drug-likeness (QED) is 0.643. The van der Waals surface area contributed by atoms with E-state index in [4.69, 9.17) is 4.74 Å². The SMILES string of the molecule is C=C1[C@H]2CC[C@H]([C@@H]2OC)[C@]1(C)C1CCCC1. The molecule has 0 radical (unpaired) electrons. The van der Waals surface area contributed by atoms with Crippen LogP contribution >= 0.6 is 0 Å². The van der Waals surface area contributed by atoms with E-state index in [1.807, 2.05) is 7.11 Å². The zero-order chi connectivity index (χ0) is 11.3. The Balaban J connectivity index is 1.93. The van der Waals surface area contributed by atoms with Gasteiger partial charge in [-0.3, -0.25) is 0 Å². The topological polar surface area (TPSA) is 9.23 Å². The predicted octanol–water partition coefficient (Wildman–Crippen LogP) is 3.79. The van der Waals surface area contributed by atoms with E-state index in [0.717, 1.165) is 11.8 Å². The summed E-state index contributed by atoms with van der Waals surface area (Å²) in [6.45, 7) is 6.94. The number of rotatable bonds is 2. The van der Waals surface area contributed by atoms with Crippen molar-refractivity contribution in [2.75, 3.05) is 7.11 Å². The van der Waals surface area contributed by atoms with Gasteiger partial charge in [0.2, 0.25) is 0 Å². The summed E-state index contributed by atoms with van der Waals surface area (Å²) in [5, 5.41) is 0. The minimum Gasteiger partial charge on any atom is -0.381 e. The molecule has 3 saturated carbocycles. The van der Waals surface area contributed by atoms with Gasteiger partial charge < -0.3 is 4.74 Å². The van der Waals surface area contributed by atoms with Crippen molar-refractivity contribution in [3.8, 4) is 0 Å². The van der Waals surface area contributed by atoms with Crippen LogP contribution in [0.15, 0.2) is 12.2 Å². The van der Waals surface area contributed by atoms with E-state index in [0.29, 0.717) is 17.4 Å². The summed E-state index contributed by atoms with van der Waals surface area (Å²) in [6, 6.07) is 0. The lowest BCUT2D eigenvalue weighted by Crippen LogP contribution is -2.35. The Morgan fingerprint density at radius 3 is 2.44 bits per heavy atom. The van der Waals surface area contributed by atoms with E-state index in [9.17, 15) is 0 Å². The molecule has 0 unspecified atom stereocenters. The highest BCUT2D eigenvalue weighted by Gasteiger charge is 2.60. The molecular weight excluding hydrogens is 196 g/mol. The van der Waals surface area contributed by atoms with Crippen molar-refractivity contribution >= 4 is 0 Å². The van der Waals surface area contributed by atoms with E-state index >= 15 is 0 Å². The Hall–Kier alpha value is -0.300. The highest BCUT2D eigenvalue weighted by atomic mass is 16.5. The van der Waals surface area contributed by atoms with Crippen molar-refractivity contribution in [1.29, 1.82) is 0 Å². The number of hydrogen-bond donors (Lipinski definition) is 0. The normalized spacial score (nSPS) is 48.1. The van der Waals surface area contributed by atoms with Crippen molar-refractivity contribution in [2.24, 2.45) is 23.2 Å². The van der Waals surface area contributed by atoms with Crippen LogP contribution in [0.4, 0.5) is 0 Å². The van der Waals surface area contributed by atoms with Gasteiger partial charge in [-0.25, -0.2) is 0 Å².